The molecule has 3 rings (SSSR count). The van der Waals surface area contributed by atoms with E-state index in [0.717, 1.165) is 11.3 Å². The number of nitrogens with zero attached hydrogens (tertiary/aromatic N) is 1. The van der Waals surface area contributed by atoms with Crippen molar-refractivity contribution < 1.29 is 17.9 Å². The van der Waals surface area contributed by atoms with E-state index in [1.54, 1.807) is 41.8 Å². The van der Waals surface area contributed by atoms with E-state index in [-0.39, 0.29) is 16.2 Å². The highest BCUT2D eigenvalue weighted by atomic mass is 32.2. The number of ether oxygens (including phenoxy) is 1. The fourth-order valence-corrected chi connectivity index (χ4v) is 5.07. The lowest BCUT2D eigenvalue weighted by molar-refractivity contribution is 0.0926. The molecular formula is C22H24N2O4S2. The summed E-state index contributed by atoms with van der Waals surface area (Å²) in [7, 11) is -2.11. The first-order valence-electron chi connectivity index (χ1n) is 9.40. The molecule has 158 valence electrons. The number of hydrogen-bond donors (Lipinski definition) is 1. The Hall–Kier alpha value is -2.84. The molecule has 0 aliphatic rings. The van der Waals surface area contributed by atoms with Gasteiger partial charge in [-0.15, -0.1) is 11.3 Å². The third-order valence-corrected chi connectivity index (χ3v) is 7.66. The molecule has 1 unspecified atom stereocenters. The van der Waals surface area contributed by atoms with Crippen molar-refractivity contribution in [3.8, 4) is 5.75 Å². The molecule has 6 nitrogen and oxygen atoms in total. The van der Waals surface area contributed by atoms with E-state index < -0.39 is 10.0 Å². The number of aryl methyl sites for hydroxylation is 1. The molecule has 0 fully saturated rings. The van der Waals surface area contributed by atoms with Crippen LogP contribution in [0.1, 0.15) is 22.8 Å². The molecule has 0 radical (unpaired) electrons. The van der Waals surface area contributed by atoms with Crippen LogP contribution in [0.4, 0.5) is 5.69 Å². The van der Waals surface area contributed by atoms with Gasteiger partial charge in [-0.25, -0.2) is 8.42 Å². The lowest BCUT2D eigenvalue weighted by Crippen LogP contribution is -2.36. The van der Waals surface area contributed by atoms with Crippen LogP contribution < -0.4 is 14.4 Å². The van der Waals surface area contributed by atoms with Crippen LogP contribution in [0.15, 0.2) is 70.3 Å². The van der Waals surface area contributed by atoms with Gasteiger partial charge in [0.05, 0.1) is 11.7 Å². The molecule has 2 aromatic carbocycles. The first-order valence-corrected chi connectivity index (χ1v) is 11.7. The van der Waals surface area contributed by atoms with E-state index in [1.807, 2.05) is 38.1 Å². The van der Waals surface area contributed by atoms with Gasteiger partial charge in [-0.2, -0.15) is 0 Å². The van der Waals surface area contributed by atoms with Crippen LogP contribution >= 0.6 is 11.3 Å². The highest BCUT2D eigenvalue weighted by molar-refractivity contribution is 7.94. The normalized spacial score (nSPS) is 12.2. The van der Waals surface area contributed by atoms with Crippen LogP contribution in [-0.4, -0.2) is 34.0 Å². The number of amides is 1. The third kappa shape index (κ3) is 5.20. The average molecular weight is 445 g/mol. The summed E-state index contributed by atoms with van der Waals surface area (Å²) < 4.78 is 32.4. The molecule has 0 spiro atoms. The van der Waals surface area contributed by atoms with Gasteiger partial charge in [-0.05, 0) is 61.7 Å². The van der Waals surface area contributed by atoms with Crippen LogP contribution in [0, 0.1) is 6.92 Å². The maximum Gasteiger partial charge on any atom is 0.273 e. The Morgan fingerprint density at radius 2 is 1.77 bits per heavy atom. The number of hydrogen-bond acceptors (Lipinski definition) is 5. The van der Waals surface area contributed by atoms with Crippen molar-refractivity contribution in [1.29, 1.82) is 0 Å². The standard InChI is InChI=1S/C22H24N2O4S2/c1-16-6-12-20(13-7-16)28-15-17(2)23-22(25)18-8-10-19(11-9-18)24(3)30(26,27)21-5-4-14-29-21/h4-14,17H,15H2,1-3H3,(H,23,25). The van der Waals surface area contributed by atoms with Crippen molar-refractivity contribution >= 4 is 33.0 Å². The number of nitrogens with one attached hydrogen (secondary N) is 1. The summed E-state index contributed by atoms with van der Waals surface area (Å²) in [6.07, 6.45) is 0. The average Bonchev–Trinajstić information content (AvgIpc) is 3.29. The summed E-state index contributed by atoms with van der Waals surface area (Å²) >= 11 is 1.17. The molecule has 0 bridgehead atoms. The first kappa shape index (κ1) is 21.9. The Balaban J connectivity index is 1.58. The molecule has 1 N–H and O–H groups in total. The molecule has 1 heterocycles. The fraction of sp³-hybridized carbons (Fsp3) is 0.227. The quantitative estimate of drug-likeness (QED) is 0.568. The van der Waals surface area contributed by atoms with Crippen molar-refractivity contribution in [3.05, 3.63) is 77.2 Å². The Bertz CT molecular complexity index is 1080. The van der Waals surface area contributed by atoms with Gasteiger partial charge >= 0.3 is 0 Å². The summed E-state index contributed by atoms with van der Waals surface area (Å²) in [5.41, 5.74) is 2.08. The van der Waals surface area contributed by atoms with Gasteiger partial charge in [0.1, 0.15) is 16.6 Å². The van der Waals surface area contributed by atoms with Gasteiger partial charge in [0.25, 0.3) is 15.9 Å². The minimum Gasteiger partial charge on any atom is -0.491 e. The maximum atomic E-state index is 12.6. The first-order chi connectivity index (χ1) is 14.3. The predicted molar refractivity (Wildman–Crippen MR) is 120 cm³/mol. The zero-order valence-corrected chi connectivity index (χ0v) is 18.7. The van der Waals surface area contributed by atoms with E-state index >= 15 is 0 Å². The van der Waals surface area contributed by atoms with Crippen LogP contribution in [0.25, 0.3) is 0 Å². The predicted octanol–water partition coefficient (Wildman–Crippen LogP) is 4.08. The van der Waals surface area contributed by atoms with Gasteiger partial charge < -0.3 is 10.1 Å². The van der Waals surface area contributed by atoms with Gasteiger partial charge in [0.15, 0.2) is 0 Å². The van der Waals surface area contributed by atoms with Gasteiger partial charge in [0.2, 0.25) is 0 Å². The fourth-order valence-electron chi connectivity index (χ4n) is 2.71. The van der Waals surface area contributed by atoms with Crippen LogP contribution in [0.2, 0.25) is 0 Å². The minimum absolute atomic E-state index is 0.194. The topological polar surface area (TPSA) is 75.7 Å². The minimum atomic E-state index is -3.60. The zero-order chi connectivity index (χ0) is 21.7. The highest BCUT2D eigenvalue weighted by Gasteiger charge is 2.22. The Kier molecular flexibility index (Phi) is 6.79. The SMILES string of the molecule is Cc1ccc(OCC(C)NC(=O)c2ccc(N(C)S(=O)(=O)c3cccs3)cc2)cc1. The zero-order valence-electron chi connectivity index (χ0n) is 17.0. The van der Waals surface area contributed by atoms with Crippen molar-refractivity contribution in [3.63, 3.8) is 0 Å². The van der Waals surface area contributed by atoms with Crippen LogP contribution in [0.5, 0.6) is 5.75 Å². The maximum absolute atomic E-state index is 12.6. The Morgan fingerprint density at radius 1 is 1.10 bits per heavy atom. The number of thiophene rings is 1. The number of benzene rings is 2. The number of anilines is 1. The second-order valence-electron chi connectivity index (χ2n) is 6.95. The Labute approximate surface area is 181 Å². The lowest BCUT2D eigenvalue weighted by atomic mass is 10.2. The van der Waals surface area contributed by atoms with Crippen molar-refractivity contribution in [2.24, 2.45) is 0 Å². The molecule has 1 aromatic heterocycles. The van der Waals surface area contributed by atoms with Crippen LogP contribution in [-0.2, 0) is 10.0 Å². The van der Waals surface area contributed by atoms with E-state index in [4.69, 9.17) is 4.74 Å². The van der Waals surface area contributed by atoms with E-state index in [9.17, 15) is 13.2 Å². The van der Waals surface area contributed by atoms with Crippen molar-refractivity contribution in [1.82, 2.24) is 5.32 Å². The molecule has 0 saturated carbocycles. The monoisotopic (exact) mass is 444 g/mol. The summed E-state index contributed by atoms with van der Waals surface area (Å²) in [5.74, 6) is 0.506. The molecule has 0 aliphatic heterocycles. The summed E-state index contributed by atoms with van der Waals surface area (Å²) in [5, 5.41) is 4.61. The van der Waals surface area contributed by atoms with Gasteiger partial charge in [0, 0.05) is 12.6 Å². The van der Waals surface area contributed by atoms with Gasteiger partial charge in [-0.1, -0.05) is 23.8 Å². The molecular weight excluding hydrogens is 420 g/mol. The molecule has 0 aliphatic carbocycles. The third-order valence-electron chi connectivity index (χ3n) is 4.50. The highest BCUT2D eigenvalue weighted by Crippen LogP contribution is 2.25. The largest absolute Gasteiger partial charge is 0.491 e. The number of rotatable bonds is 8. The van der Waals surface area contributed by atoms with E-state index in [0.29, 0.717) is 17.9 Å². The number of carbonyl (C=O) groups excluding carboxylic acids is 1. The lowest BCUT2D eigenvalue weighted by Gasteiger charge is -2.19. The van der Waals surface area contributed by atoms with Crippen molar-refractivity contribution in [2.75, 3.05) is 18.0 Å². The van der Waals surface area contributed by atoms with Crippen LogP contribution in [0.3, 0.4) is 0 Å². The molecule has 30 heavy (non-hydrogen) atoms. The number of sulfonamides is 1. The summed E-state index contributed by atoms with van der Waals surface area (Å²) in [6.45, 7) is 4.21. The van der Waals surface area contributed by atoms with Gasteiger partial charge in [-0.3, -0.25) is 9.10 Å². The summed E-state index contributed by atoms with van der Waals surface area (Å²) in [6, 6.07) is 17.2. The molecule has 3 aromatic rings. The second kappa shape index (κ2) is 9.32. The smallest absolute Gasteiger partial charge is 0.273 e. The number of carbonyl (C=O) groups is 1. The molecule has 1 amide bonds. The summed E-state index contributed by atoms with van der Waals surface area (Å²) in [4.78, 5) is 12.5. The molecule has 8 heteroatoms. The van der Waals surface area contributed by atoms with E-state index in [1.165, 1.54) is 22.7 Å². The van der Waals surface area contributed by atoms with Crippen molar-refractivity contribution in [2.45, 2.75) is 24.1 Å². The molecule has 0 saturated heterocycles. The Morgan fingerprint density at radius 3 is 2.37 bits per heavy atom. The molecule has 1 atom stereocenters. The second-order valence-corrected chi connectivity index (χ2v) is 10.1. The van der Waals surface area contributed by atoms with E-state index in [2.05, 4.69) is 5.32 Å².